The molecule has 1 aromatic rings. The first-order valence-electron chi connectivity index (χ1n) is 7.43. The lowest BCUT2D eigenvalue weighted by Crippen LogP contribution is -2.42. The van der Waals surface area contributed by atoms with Gasteiger partial charge in [-0.05, 0) is 27.2 Å². The molecule has 1 aliphatic rings. The molecule has 0 aliphatic carbocycles. The zero-order valence-corrected chi connectivity index (χ0v) is 13.9. The van der Waals surface area contributed by atoms with Gasteiger partial charge in [0.2, 0.25) is 0 Å². The van der Waals surface area contributed by atoms with Crippen LogP contribution in [0.4, 0.5) is 5.82 Å². The Morgan fingerprint density at radius 3 is 2.90 bits per heavy atom. The second-order valence-electron chi connectivity index (χ2n) is 6.06. The van der Waals surface area contributed by atoms with Gasteiger partial charge in [-0.3, -0.25) is 4.90 Å². The largest absolute Gasteiger partial charge is 0.370 e. The van der Waals surface area contributed by atoms with Gasteiger partial charge in [0.05, 0.1) is 6.54 Å². The predicted octanol–water partition coefficient (Wildman–Crippen LogP) is 2.93. The number of thioether (sulfide) groups is 1. The highest BCUT2D eigenvalue weighted by molar-refractivity contribution is 8.00. The Labute approximate surface area is 126 Å². The van der Waals surface area contributed by atoms with Crippen LogP contribution >= 0.6 is 11.8 Å². The van der Waals surface area contributed by atoms with Crippen molar-refractivity contribution in [3.8, 4) is 0 Å². The fraction of sp³-hybridized carbons (Fsp3) is 0.733. The lowest BCUT2D eigenvalue weighted by atomic mass is 10.2. The van der Waals surface area contributed by atoms with Crippen LogP contribution in [0.1, 0.15) is 38.7 Å². The Morgan fingerprint density at radius 1 is 1.40 bits per heavy atom. The number of nitrogens with one attached hydrogen (secondary N) is 1. The molecule has 5 heteroatoms. The van der Waals surface area contributed by atoms with Crippen LogP contribution in [0, 0.1) is 6.92 Å². The van der Waals surface area contributed by atoms with E-state index in [1.807, 2.05) is 13.0 Å². The molecule has 0 unspecified atom stereocenters. The maximum atomic E-state index is 4.64. The molecule has 0 aromatic carbocycles. The summed E-state index contributed by atoms with van der Waals surface area (Å²) in [6.45, 7) is 12.9. The average Bonchev–Trinajstić information content (AvgIpc) is 2.34. The van der Waals surface area contributed by atoms with Crippen LogP contribution in [-0.4, -0.2) is 45.0 Å². The van der Waals surface area contributed by atoms with Crippen LogP contribution in [0.15, 0.2) is 6.07 Å². The van der Waals surface area contributed by atoms with E-state index in [1.165, 1.54) is 5.75 Å². The predicted molar refractivity (Wildman–Crippen MR) is 87.4 cm³/mol. The van der Waals surface area contributed by atoms with E-state index in [-0.39, 0.29) is 0 Å². The summed E-state index contributed by atoms with van der Waals surface area (Å²) in [4.78, 5) is 11.7. The molecule has 0 radical (unpaired) electrons. The number of nitrogens with zero attached hydrogens (tertiary/aromatic N) is 3. The van der Waals surface area contributed by atoms with E-state index in [0.29, 0.717) is 4.75 Å². The standard InChI is InChI=1S/C15H26N4S/c1-5-6-16-13-9-12(2)17-14(18-13)10-19-7-8-20-15(3,4)11-19/h9H,5-8,10-11H2,1-4H3,(H,16,17,18). The van der Waals surface area contributed by atoms with Gasteiger partial charge in [0.1, 0.15) is 11.6 Å². The van der Waals surface area contributed by atoms with Gasteiger partial charge in [-0.1, -0.05) is 6.92 Å². The summed E-state index contributed by atoms with van der Waals surface area (Å²) in [5, 5.41) is 3.36. The van der Waals surface area contributed by atoms with Crippen molar-refractivity contribution in [3.63, 3.8) is 0 Å². The lowest BCUT2D eigenvalue weighted by molar-refractivity contribution is 0.246. The number of hydrogen-bond acceptors (Lipinski definition) is 5. The highest BCUT2D eigenvalue weighted by atomic mass is 32.2. The Hall–Kier alpha value is -0.810. The zero-order chi connectivity index (χ0) is 14.6. The number of aryl methyl sites for hydroxylation is 1. The minimum absolute atomic E-state index is 0.339. The summed E-state index contributed by atoms with van der Waals surface area (Å²) in [7, 11) is 0. The topological polar surface area (TPSA) is 41.1 Å². The van der Waals surface area contributed by atoms with Crippen LogP contribution in [0.25, 0.3) is 0 Å². The molecule has 1 aliphatic heterocycles. The van der Waals surface area contributed by atoms with E-state index in [0.717, 1.165) is 49.9 Å². The van der Waals surface area contributed by atoms with Crippen molar-refractivity contribution >= 4 is 17.6 Å². The van der Waals surface area contributed by atoms with Gasteiger partial charge < -0.3 is 5.32 Å². The average molecular weight is 294 g/mol. The molecule has 1 fully saturated rings. The van der Waals surface area contributed by atoms with Gasteiger partial charge in [0, 0.05) is 41.9 Å². The first-order valence-corrected chi connectivity index (χ1v) is 8.42. The maximum Gasteiger partial charge on any atom is 0.144 e. The van der Waals surface area contributed by atoms with Crippen LogP contribution in [0.3, 0.4) is 0 Å². The number of hydrogen-bond donors (Lipinski definition) is 1. The normalized spacial score (nSPS) is 19.0. The first kappa shape index (κ1) is 15.6. The summed E-state index contributed by atoms with van der Waals surface area (Å²) in [6, 6.07) is 2.02. The minimum Gasteiger partial charge on any atom is -0.370 e. The molecule has 2 heterocycles. The van der Waals surface area contributed by atoms with Gasteiger partial charge in [0.15, 0.2) is 0 Å². The third-order valence-electron chi connectivity index (χ3n) is 3.33. The SMILES string of the molecule is CCCNc1cc(C)nc(CN2CCSC(C)(C)C2)n1. The molecular formula is C15H26N4S. The Bertz CT molecular complexity index is 447. The van der Waals surface area contributed by atoms with Gasteiger partial charge in [-0.25, -0.2) is 9.97 Å². The molecule has 0 atom stereocenters. The van der Waals surface area contributed by atoms with E-state index in [9.17, 15) is 0 Å². The fourth-order valence-corrected chi connectivity index (χ4v) is 3.67. The molecule has 0 saturated carbocycles. The van der Waals surface area contributed by atoms with Crippen molar-refractivity contribution in [1.29, 1.82) is 0 Å². The molecule has 1 saturated heterocycles. The van der Waals surface area contributed by atoms with Crippen molar-refractivity contribution in [1.82, 2.24) is 14.9 Å². The zero-order valence-electron chi connectivity index (χ0n) is 13.1. The summed E-state index contributed by atoms with van der Waals surface area (Å²) in [5.74, 6) is 3.09. The van der Waals surface area contributed by atoms with Crippen LogP contribution < -0.4 is 5.32 Å². The molecule has 4 nitrogen and oxygen atoms in total. The van der Waals surface area contributed by atoms with E-state index in [1.54, 1.807) is 0 Å². The van der Waals surface area contributed by atoms with Gasteiger partial charge in [-0.15, -0.1) is 0 Å². The summed E-state index contributed by atoms with van der Waals surface area (Å²) >= 11 is 2.06. The molecule has 1 aromatic heterocycles. The summed E-state index contributed by atoms with van der Waals surface area (Å²) in [5.41, 5.74) is 1.04. The molecule has 20 heavy (non-hydrogen) atoms. The molecule has 1 N–H and O–H groups in total. The fourth-order valence-electron chi connectivity index (χ4n) is 2.49. The highest BCUT2D eigenvalue weighted by Gasteiger charge is 2.27. The van der Waals surface area contributed by atoms with Crippen molar-refractivity contribution < 1.29 is 0 Å². The minimum atomic E-state index is 0.339. The Balaban J connectivity index is 2.03. The number of anilines is 1. The van der Waals surface area contributed by atoms with Gasteiger partial charge in [-0.2, -0.15) is 11.8 Å². The third kappa shape index (κ3) is 4.63. The molecule has 0 spiro atoms. The van der Waals surface area contributed by atoms with E-state index in [2.05, 4.69) is 52.7 Å². The number of rotatable bonds is 5. The molecule has 0 amide bonds. The van der Waals surface area contributed by atoms with Gasteiger partial charge in [0.25, 0.3) is 0 Å². The lowest BCUT2D eigenvalue weighted by Gasteiger charge is -2.37. The monoisotopic (exact) mass is 294 g/mol. The second kappa shape index (κ2) is 6.76. The van der Waals surface area contributed by atoms with Crippen LogP contribution in [0.5, 0.6) is 0 Å². The Kier molecular flexibility index (Phi) is 5.27. The van der Waals surface area contributed by atoms with Crippen molar-refractivity contribution in [2.24, 2.45) is 0 Å². The van der Waals surface area contributed by atoms with Gasteiger partial charge >= 0.3 is 0 Å². The Morgan fingerprint density at radius 2 is 2.20 bits per heavy atom. The van der Waals surface area contributed by atoms with Crippen molar-refractivity contribution in [3.05, 3.63) is 17.6 Å². The summed E-state index contributed by atoms with van der Waals surface area (Å²) in [6.07, 6.45) is 1.11. The van der Waals surface area contributed by atoms with E-state index >= 15 is 0 Å². The molecule has 2 rings (SSSR count). The van der Waals surface area contributed by atoms with E-state index in [4.69, 9.17) is 0 Å². The first-order chi connectivity index (χ1) is 9.48. The highest BCUT2D eigenvalue weighted by Crippen LogP contribution is 2.29. The van der Waals surface area contributed by atoms with Crippen LogP contribution in [0.2, 0.25) is 0 Å². The number of aromatic nitrogens is 2. The van der Waals surface area contributed by atoms with Crippen LogP contribution in [-0.2, 0) is 6.54 Å². The van der Waals surface area contributed by atoms with Crippen molar-refractivity contribution in [2.45, 2.75) is 45.4 Å². The third-order valence-corrected chi connectivity index (χ3v) is 4.62. The quantitative estimate of drug-likeness (QED) is 0.904. The van der Waals surface area contributed by atoms with Crippen molar-refractivity contribution in [2.75, 3.05) is 30.7 Å². The smallest absolute Gasteiger partial charge is 0.144 e. The van der Waals surface area contributed by atoms with E-state index < -0.39 is 0 Å². The molecular weight excluding hydrogens is 268 g/mol. The second-order valence-corrected chi connectivity index (χ2v) is 7.86. The molecule has 112 valence electrons. The molecule has 0 bridgehead atoms. The summed E-state index contributed by atoms with van der Waals surface area (Å²) < 4.78 is 0.339. The maximum absolute atomic E-state index is 4.64.